The van der Waals surface area contributed by atoms with Gasteiger partial charge in [-0.3, -0.25) is 9.91 Å². The van der Waals surface area contributed by atoms with E-state index < -0.39 is 0 Å². The average Bonchev–Trinajstić information content (AvgIpc) is 3.42. The lowest BCUT2D eigenvalue weighted by Gasteiger charge is -2.31. The fourth-order valence-electron chi connectivity index (χ4n) is 3.03. The maximum Gasteiger partial charge on any atom is 0.244 e. The first kappa shape index (κ1) is 15.8. The molecule has 24 heavy (non-hydrogen) atoms. The van der Waals surface area contributed by atoms with Crippen molar-refractivity contribution in [3.8, 4) is 0 Å². The highest BCUT2D eigenvalue weighted by molar-refractivity contribution is 7.99. The molecule has 1 aromatic carbocycles. The molecule has 6 nitrogen and oxygen atoms in total. The molecule has 1 aliphatic carbocycles. The van der Waals surface area contributed by atoms with Crippen LogP contribution >= 0.6 is 11.8 Å². The first-order valence-corrected chi connectivity index (χ1v) is 9.49. The van der Waals surface area contributed by atoms with Crippen LogP contribution in [0.1, 0.15) is 25.3 Å². The van der Waals surface area contributed by atoms with Crippen LogP contribution in [-0.4, -0.2) is 49.6 Å². The van der Waals surface area contributed by atoms with Crippen LogP contribution in [0, 0.1) is 0 Å². The molecule has 2 heterocycles. The Hall–Kier alpha value is -1.70. The van der Waals surface area contributed by atoms with Crippen molar-refractivity contribution in [1.82, 2.24) is 24.9 Å². The third-order valence-electron chi connectivity index (χ3n) is 4.41. The molecular weight excluding hydrogens is 320 g/mol. The van der Waals surface area contributed by atoms with E-state index in [9.17, 15) is 0 Å². The average molecular weight is 342 g/mol. The lowest BCUT2D eigenvalue weighted by molar-refractivity contribution is 0.205. The molecule has 1 saturated carbocycles. The summed E-state index contributed by atoms with van der Waals surface area (Å²) in [7, 11) is 0. The van der Waals surface area contributed by atoms with Crippen molar-refractivity contribution >= 4 is 17.7 Å². The molecule has 126 valence electrons. The van der Waals surface area contributed by atoms with Crippen LogP contribution < -0.4 is 5.01 Å². The predicted molar refractivity (Wildman–Crippen MR) is 95.9 cm³/mol. The molecule has 0 bridgehead atoms. The summed E-state index contributed by atoms with van der Waals surface area (Å²) >= 11 is 1.98. The number of thioether (sulfide) groups is 1. The molecule has 2 aromatic rings. The van der Waals surface area contributed by atoms with Gasteiger partial charge in [-0.1, -0.05) is 37.3 Å². The number of hydrogen-bond donors (Lipinski definition) is 0. The van der Waals surface area contributed by atoms with Crippen molar-refractivity contribution in [3.05, 3.63) is 48.5 Å². The Morgan fingerprint density at radius 3 is 2.54 bits per heavy atom. The Bertz CT molecular complexity index is 651. The van der Waals surface area contributed by atoms with Gasteiger partial charge in [0.1, 0.15) is 18.2 Å². The smallest absolute Gasteiger partial charge is 0.244 e. The van der Waals surface area contributed by atoms with Crippen LogP contribution in [0.5, 0.6) is 0 Å². The highest BCUT2D eigenvalue weighted by atomic mass is 32.2. The predicted octanol–water partition coefficient (Wildman–Crippen LogP) is 2.57. The molecule has 2 fully saturated rings. The zero-order chi connectivity index (χ0) is 16.4. The second kappa shape index (κ2) is 7.04. The molecule has 7 heteroatoms. The van der Waals surface area contributed by atoms with E-state index >= 15 is 0 Å². The van der Waals surface area contributed by atoms with E-state index in [0.29, 0.717) is 11.5 Å². The number of anilines is 1. The van der Waals surface area contributed by atoms with E-state index in [1.165, 1.54) is 18.4 Å². The lowest BCUT2D eigenvalue weighted by atomic mass is 10.2. The minimum Gasteiger partial charge on any atom is -0.259 e. The Labute approximate surface area is 146 Å². The summed E-state index contributed by atoms with van der Waals surface area (Å²) in [5.41, 5.74) is 1.70. The van der Waals surface area contributed by atoms with Gasteiger partial charge in [0.2, 0.25) is 5.95 Å². The van der Waals surface area contributed by atoms with E-state index in [4.69, 9.17) is 0 Å². The van der Waals surface area contributed by atoms with Crippen LogP contribution in [0.3, 0.4) is 0 Å². The molecule has 1 saturated heterocycles. The molecule has 0 spiro atoms. The molecule has 1 aromatic heterocycles. The van der Waals surface area contributed by atoms with Crippen LogP contribution in [0.2, 0.25) is 0 Å². The molecule has 1 unspecified atom stereocenters. The lowest BCUT2D eigenvalue weighted by Crippen LogP contribution is -2.43. The molecule has 1 aliphatic heterocycles. The summed E-state index contributed by atoms with van der Waals surface area (Å²) in [6, 6.07) is 11.3. The van der Waals surface area contributed by atoms with Gasteiger partial charge in [-0.15, -0.1) is 11.8 Å². The number of nitrogens with zero attached hydrogens (tertiary/aromatic N) is 6. The van der Waals surface area contributed by atoms with Crippen LogP contribution in [-0.2, 0) is 5.75 Å². The summed E-state index contributed by atoms with van der Waals surface area (Å²) in [4.78, 5) is 15.2. The molecule has 0 amide bonds. The third kappa shape index (κ3) is 3.24. The molecule has 0 radical (unpaired) electrons. The largest absolute Gasteiger partial charge is 0.259 e. The molecule has 0 N–H and O–H groups in total. The van der Waals surface area contributed by atoms with Gasteiger partial charge in [0.25, 0.3) is 0 Å². The van der Waals surface area contributed by atoms with Gasteiger partial charge in [-0.05, 0) is 24.9 Å². The van der Waals surface area contributed by atoms with Gasteiger partial charge in [0.15, 0.2) is 0 Å². The minimum absolute atomic E-state index is 0.333. The molecule has 4 rings (SSSR count). The number of benzene rings is 1. The summed E-state index contributed by atoms with van der Waals surface area (Å²) in [5.74, 6) is 1.76. The van der Waals surface area contributed by atoms with Gasteiger partial charge in [-0.2, -0.15) is 5.01 Å². The van der Waals surface area contributed by atoms with Crippen molar-refractivity contribution in [1.29, 1.82) is 0 Å². The van der Waals surface area contributed by atoms with Gasteiger partial charge in [0, 0.05) is 11.8 Å². The number of hydrazine groups is 1. The first-order valence-electron chi connectivity index (χ1n) is 8.44. The maximum absolute atomic E-state index is 4.37. The van der Waals surface area contributed by atoms with Gasteiger partial charge in [0.05, 0.1) is 6.67 Å². The van der Waals surface area contributed by atoms with E-state index in [1.807, 2.05) is 11.8 Å². The van der Waals surface area contributed by atoms with Gasteiger partial charge in [-0.25, -0.2) is 15.0 Å². The van der Waals surface area contributed by atoms with Crippen molar-refractivity contribution < 1.29 is 0 Å². The molecule has 1 atom stereocenters. The fourth-order valence-corrected chi connectivity index (χ4v) is 4.43. The van der Waals surface area contributed by atoms with E-state index in [1.54, 1.807) is 12.7 Å². The van der Waals surface area contributed by atoms with E-state index in [-0.39, 0.29) is 0 Å². The Balaban J connectivity index is 1.54. The monoisotopic (exact) mass is 342 g/mol. The number of hydrogen-bond acceptors (Lipinski definition) is 7. The second-order valence-corrected chi connectivity index (χ2v) is 7.16. The van der Waals surface area contributed by atoms with Crippen molar-refractivity contribution in [3.63, 3.8) is 0 Å². The summed E-state index contributed by atoms with van der Waals surface area (Å²) in [6.45, 7) is 4.07. The Kier molecular flexibility index (Phi) is 4.64. The van der Waals surface area contributed by atoms with Crippen LogP contribution in [0.4, 0.5) is 5.95 Å². The van der Waals surface area contributed by atoms with Crippen LogP contribution in [0.25, 0.3) is 0 Å². The van der Waals surface area contributed by atoms with E-state index in [2.05, 4.69) is 67.1 Å². The second-order valence-electron chi connectivity index (χ2n) is 6.12. The number of aromatic nitrogens is 3. The maximum atomic E-state index is 4.37. The van der Waals surface area contributed by atoms with Gasteiger partial charge >= 0.3 is 0 Å². The normalized spacial score (nSPS) is 22.2. The standard InChI is InChI=1S/C17H22N6S/c1-2-21-13-22(16-19-11-18-12-20-16)23(15-8-9-15)17(21)24-10-14-6-4-3-5-7-14/h3-7,11-12,15,17H,2,8-10,13H2,1H3. The Morgan fingerprint density at radius 1 is 1.12 bits per heavy atom. The highest BCUT2D eigenvalue weighted by Gasteiger charge is 2.46. The zero-order valence-electron chi connectivity index (χ0n) is 13.8. The van der Waals surface area contributed by atoms with Crippen molar-refractivity contribution in [2.45, 2.75) is 37.1 Å². The zero-order valence-corrected chi connectivity index (χ0v) is 14.6. The molecule has 2 aliphatic rings. The van der Waals surface area contributed by atoms with Crippen LogP contribution in [0.15, 0.2) is 43.0 Å². The Morgan fingerprint density at radius 2 is 1.88 bits per heavy atom. The summed E-state index contributed by atoms with van der Waals surface area (Å²) in [6.07, 6.45) is 5.66. The summed E-state index contributed by atoms with van der Waals surface area (Å²) < 4.78 is 0. The molecular formula is C17H22N6S. The first-order chi connectivity index (χ1) is 11.9. The third-order valence-corrected chi connectivity index (χ3v) is 5.73. The van der Waals surface area contributed by atoms with Crippen molar-refractivity contribution in [2.24, 2.45) is 0 Å². The fraction of sp³-hybridized carbons (Fsp3) is 0.471. The minimum atomic E-state index is 0.333. The van der Waals surface area contributed by atoms with Gasteiger partial charge < -0.3 is 0 Å². The topological polar surface area (TPSA) is 48.4 Å². The SMILES string of the molecule is CCN1CN(c2ncncn2)N(C2CC2)C1SCc1ccccc1. The van der Waals surface area contributed by atoms with E-state index in [0.717, 1.165) is 24.9 Å². The van der Waals surface area contributed by atoms with Crippen molar-refractivity contribution in [2.75, 3.05) is 18.2 Å². The number of rotatable bonds is 6. The summed E-state index contributed by atoms with van der Waals surface area (Å²) in [5, 5.41) is 4.71. The highest BCUT2D eigenvalue weighted by Crippen LogP contribution is 2.40. The quantitative estimate of drug-likeness (QED) is 0.799.